The summed E-state index contributed by atoms with van der Waals surface area (Å²) < 4.78 is 5.16. The van der Waals surface area contributed by atoms with Crippen LogP contribution >= 0.6 is 0 Å². The summed E-state index contributed by atoms with van der Waals surface area (Å²) in [7, 11) is 0. The third-order valence-electron chi connectivity index (χ3n) is 4.62. The third-order valence-corrected chi connectivity index (χ3v) is 4.62. The van der Waals surface area contributed by atoms with Gasteiger partial charge in [0.2, 0.25) is 5.91 Å². The molecule has 3 heterocycles. The number of carbonyl (C=O) groups is 1. The van der Waals surface area contributed by atoms with Crippen molar-refractivity contribution >= 4 is 5.91 Å². The highest BCUT2D eigenvalue weighted by Gasteiger charge is 2.21. The van der Waals surface area contributed by atoms with Gasteiger partial charge >= 0.3 is 0 Å². The van der Waals surface area contributed by atoms with Gasteiger partial charge in [0.15, 0.2) is 0 Å². The Morgan fingerprint density at radius 2 is 2.04 bits per heavy atom. The Kier molecular flexibility index (Phi) is 5.25. The molecule has 1 saturated heterocycles. The van der Waals surface area contributed by atoms with E-state index in [0.717, 1.165) is 49.7 Å². The summed E-state index contributed by atoms with van der Waals surface area (Å²) in [6.07, 6.45) is 4.92. The lowest BCUT2D eigenvalue weighted by molar-refractivity contribution is -0.133. The van der Waals surface area contributed by atoms with Crippen molar-refractivity contribution in [3.8, 4) is 0 Å². The molecule has 0 unspecified atom stereocenters. The molecule has 24 heavy (non-hydrogen) atoms. The van der Waals surface area contributed by atoms with E-state index in [9.17, 15) is 4.79 Å². The van der Waals surface area contributed by atoms with E-state index in [4.69, 9.17) is 4.52 Å². The minimum Gasteiger partial charge on any atom is -0.361 e. The van der Waals surface area contributed by atoms with Crippen LogP contribution in [-0.4, -0.2) is 52.0 Å². The van der Waals surface area contributed by atoms with Crippen molar-refractivity contribution < 1.29 is 9.32 Å². The van der Waals surface area contributed by atoms with E-state index in [1.54, 1.807) is 6.20 Å². The van der Waals surface area contributed by atoms with E-state index in [0.29, 0.717) is 12.8 Å². The van der Waals surface area contributed by atoms with Crippen molar-refractivity contribution in [1.29, 1.82) is 0 Å². The zero-order valence-corrected chi connectivity index (χ0v) is 14.4. The second-order valence-corrected chi connectivity index (χ2v) is 6.32. The van der Waals surface area contributed by atoms with Gasteiger partial charge < -0.3 is 9.42 Å². The monoisotopic (exact) mass is 328 g/mol. The smallest absolute Gasteiger partial charge is 0.222 e. The van der Waals surface area contributed by atoms with E-state index in [1.165, 1.54) is 5.56 Å². The van der Waals surface area contributed by atoms with Crippen LogP contribution in [0.2, 0.25) is 0 Å². The maximum absolute atomic E-state index is 12.4. The molecule has 0 saturated carbocycles. The third kappa shape index (κ3) is 4.00. The quantitative estimate of drug-likeness (QED) is 0.840. The van der Waals surface area contributed by atoms with Gasteiger partial charge in [-0.3, -0.25) is 14.7 Å². The lowest BCUT2D eigenvalue weighted by Gasteiger charge is -2.34. The molecule has 0 N–H and O–H groups in total. The second-order valence-electron chi connectivity index (χ2n) is 6.32. The highest BCUT2D eigenvalue weighted by atomic mass is 16.5. The number of hydrogen-bond acceptors (Lipinski definition) is 5. The average Bonchev–Trinajstić information content (AvgIpc) is 2.92. The molecular formula is C18H24N4O2. The van der Waals surface area contributed by atoms with Crippen molar-refractivity contribution in [1.82, 2.24) is 19.9 Å². The SMILES string of the molecule is Cc1noc(C)c1CCC(=O)N1CCN(Cc2cccnc2)CC1. The lowest BCUT2D eigenvalue weighted by Crippen LogP contribution is -2.48. The van der Waals surface area contributed by atoms with Crippen LogP contribution in [0.25, 0.3) is 0 Å². The van der Waals surface area contributed by atoms with Gasteiger partial charge in [0.1, 0.15) is 5.76 Å². The maximum atomic E-state index is 12.4. The normalized spacial score (nSPS) is 15.7. The Morgan fingerprint density at radius 3 is 2.67 bits per heavy atom. The fourth-order valence-electron chi connectivity index (χ4n) is 3.15. The Bertz CT molecular complexity index is 656. The molecule has 2 aromatic rings. The van der Waals surface area contributed by atoms with E-state index >= 15 is 0 Å². The van der Waals surface area contributed by atoms with Crippen LogP contribution in [0, 0.1) is 13.8 Å². The topological polar surface area (TPSA) is 62.5 Å². The number of piperazine rings is 1. The fraction of sp³-hybridized carbons (Fsp3) is 0.500. The summed E-state index contributed by atoms with van der Waals surface area (Å²) in [6.45, 7) is 8.12. The molecular weight excluding hydrogens is 304 g/mol. The zero-order chi connectivity index (χ0) is 16.9. The van der Waals surface area contributed by atoms with Crippen LogP contribution in [0.15, 0.2) is 29.0 Å². The Morgan fingerprint density at radius 1 is 1.25 bits per heavy atom. The molecule has 6 heteroatoms. The maximum Gasteiger partial charge on any atom is 0.222 e. The summed E-state index contributed by atoms with van der Waals surface area (Å²) in [5.74, 6) is 1.04. The summed E-state index contributed by atoms with van der Waals surface area (Å²) >= 11 is 0. The van der Waals surface area contributed by atoms with Crippen LogP contribution in [-0.2, 0) is 17.8 Å². The molecule has 6 nitrogen and oxygen atoms in total. The van der Waals surface area contributed by atoms with E-state index in [1.807, 2.05) is 31.0 Å². The Balaban J connectivity index is 1.45. The summed E-state index contributed by atoms with van der Waals surface area (Å²) in [5, 5.41) is 3.94. The molecule has 0 bridgehead atoms. The van der Waals surface area contributed by atoms with Gasteiger partial charge in [0, 0.05) is 57.1 Å². The molecule has 0 radical (unpaired) electrons. The van der Waals surface area contributed by atoms with Crippen LogP contribution < -0.4 is 0 Å². The first kappa shape index (κ1) is 16.6. The number of nitrogens with zero attached hydrogens (tertiary/aromatic N) is 4. The largest absolute Gasteiger partial charge is 0.361 e. The van der Waals surface area contributed by atoms with Crippen LogP contribution in [0.5, 0.6) is 0 Å². The predicted octanol–water partition coefficient (Wildman–Crippen LogP) is 1.96. The van der Waals surface area contributed by atoms with E-state index in [-0.39, 0.29) is 5.91 Å². The van der Waals surface area contributed by atoms with Gasteiger partial charge in [-0.05, 0) is 31.9 Å². The zero-order valence-electron chi connectivity index (χ0n) is 14.4. The van der Waals surface area contributed by atoms with Crippen LogP contribution in [0.4, 0.5) is 0 Å². The summed E-state index contributed by atoms with van der Waals surface area (Å²) in [6, 6.07) is 4.05. The molecule has 3 rings (SSSR count). The number of pyridine rings is 1. The minimum atomic E-state index is 0.219. The molecule has 0 aliphatic carbocycles. The predicted molar refractivity (Wildman–Crippen MR) is 90.4 cm³/mol. The Labute approximate surface area is 142 Å². The average molecular weight is 328 g/mol. The van der Waals surface area contributed by atoms with Crippen molar-refractivity contribution in [2.45, 2.75) is 33.2 Å². The van der Waals surface area contributed by atoms with Crippen molar-refractivity contribution in [3.63, 3.8) is 0 Å². The highest BCUT2D eigenvalue weighted by molar-refractivity contribution is 5.76. The summed E-state index contributed by atoms with van der Waals surface area (Å²) in [5.41, 5.74) is 3.18. The number of rotatable bonds is 5. The molecule has 0 aromatic carbocycles. The highest BCUT2D eigenvalue weighted by Crippen LogP contribution is 2.16. The first-order valence-corrected chi connectivity index (χ1v) is 8.44. The fourth-order valence-corrected chi connectivity index (χ4v) is 3.15. The van der Waals surface area contributed by atoms with Gasteiger partial charge in [0.05, 0.1) is 5.69 Å². The molecule has 0 spiro atoms. The Hall–Kier alpha value is -2.21. The molecule has 1 aliphatic heterocycles. The number of aromatic nitrogens is 2. The van der Waals surface area contributed by atoms with E-state index in [2.05, 4.69) is 21.1 Å². The number of carbonyl (C=O) groups excluding carboxylic acids is 1. The first-order valence-electron chi connectivity index (χ1n) is 8.44. The second kappa shape index (κ2) is 7.57. The number of hydrogen-bond donors (Lipinski definition) is 0. The number of amides is 1. The molecule has 1 amide bonds. The lowest BCUT2D eigenvalue weighted by atomic mass is 10.1. The van der Waals surface area contributed by atoms with E-state index < -0.39 is 0 Å². The van der Waals surface area contributed by atoms with Gasteiger partial charge in [-0.1, -0.05) is 11.2 Å². The molecule has 128 valence electrons. The minimum absolute atomic E-state index is 0.219. The van der Waals surface area contributed by atoms with Gasteiger partial charge in [0.25, 0.3) is 0 Å². The molecule has 1 fully saturated rings. The van der Waals surface area contributed by atoms with Gasteiger partial charge in [-0.2, -0.15) is 0 Å². The van der Waals surface area contributed by atoms with Gasteiger partial charge in [-0.25, -0.2) is 0 Å². The first-order chi connectivity index (χ1) is 11.6. The van der Waals surface area contributed by atoms with Gasteiger partial charge in [-0.15, -0.1) is 0 Å². The molecule has 0 atom stereocenters. The molecule has 2 aromatic heterocycles. The van der Waals surface area contributed by atoms with Crippen LogP contribution in [0.3, 0.4) is 0 Å². The summed E-state index contributed by atoms with van der Waals surface area (Å²) in [4.78, 5) is 20.9. The van der Waals surface area contributed by atoms with Crippen LogP contribution in [0.1, 0.15) is 29.0 Å². The van der Waals surface area contributed by atoms with Crippen molar-refractivity contribution in [2.75, 3.05) is 26.2 Å². The standard InChI is InChI=1S/C18H24N4O2/c1-14-17(15(2)24-20-14)5-6-18(23)22-10-8-21(9-11-22)13-16-4-3-7-19-12-16/h3-4,7,12H,5-6,8-11,13H2,1-2H3. The number of aryl methyl sites for hydroxylation is 2. The van der Waals surface area contributed by atoms with Crippen molar-refractivity contribution in [3.05, 3.63) is 47.1 Å². The molecule has 1 aliphatic rings. The van der Waals surface area contributed by atoms with Crippen molar-refractivity contribution in [2.24, 2.45) is 0 Å².